The molecule has 1 aromatic carbocycles. The molecular weight excluding hydrogens is 290 g/mol. The van der Waals surface area contributed by atoms with Gasteiger partial charge in [-0.15, -0.1) is 0 Å². The zero-order valence-electron chi connectivity index (χ0n) is 13.0. The second-order valence-electron chi connectivity index (χ2n) is 5.07. The Hall–Kier alpha value is -2.94. The number of carbonyl (C=O) groups is 1. The highest BCUT2D eigenvalue weighted by Crippen LogP contribution is 2.15. The molecule has 0 saturated carbocycles. The van der Waals surface area contributed by atoms with Crippen molar-refractivity contribution in [2.45, 2.75) is 26.2 Å². The first-order chi connectivity index (χ1) is 11.2. The van der Waals surface area contributed by atoms with Crippen LogP contribution >= 0.6 is 0 Å². The molecular formula is C17H19N5O. The molecule has 0 unspecified atom stereocenters. The Kier molecular flexibility index (Phi) is 6.07. The number of hydrogen-bond acceptors (Lipinski definition) is 5. The van der Waals surface area contributed by atoms with Crippen molar-refractivity contribution in [1.82, 2.24) is 15.3 Å². The normalized spacial score (nSPS) is 9.91. The van der Waals surface area contributed by atoms with E-state index in [-0.39, 0.29) is 5.91 Å². The number of anilines is 2. The molecule has 1 amide bonds. The Bertz CT molecular complexity index is 691. The van der Waals surface area contributed by atoms with Gasteiger partial charge in [-0.3, -0.25) is 4.79 Å². The number of nitriles is 1. The van der Waals surface area contributed by atoms with Crippen LogP contribution in [0.1, 0.15) is 42.2 Å². The molecule has 0 radical (unpaired) electrons. The Labute approximate surface area is 135 Å². The molecule has 0 aliphatic rings. The summed E-state index contributed by atoms with van der Waals surface area (Å²) in [4.78, 5) is 20.1. The fourth-order valence-corrected chi connectivity index (χ4v) is 1.99. The predicted molar refractivity (Wildman–Crippen MR) is 88.3 cm³/mol. The Morgan fingerprint density at radius 3 is 2.70 bits per heavy atom. The molecule has 0 aliphatic carbocycles. The number of benzene rings is 1. The SMILES string of the molecule is CCCCCNC(=O)c1cc(Nc2ccc(C#N)cc2)ncn1. The van der Waals surface area contributed by atoms with Gasteiger partial charge >= 0.3 is 0 Å². The van der Waals surface area contributed by atoms with Gasteiger partial charge in [0.05, 0.1) is 11.6 Å². The van der Waals surface area contributed by atoms with E-state index in [1.165, 1.54) is 6.33 Å². The van der Waals surface area contributed by atoms with Gasteiger partial charge in [-0.2, -0.15) is 5.26 Å². The molecule has 0 fully saturated rings. The van der Waals surface area contributed by atoms with Crippen LogP contribution in [0.4, 0.5) is 11.5 Å². The molecule has 6 nitrogen and oxygen atoms in total. The smallest absolute Gasteiger partial charge is 0.270 e. The first-order valence-electron chi connectivity index (χ1n) is 7.60. The van der Waals surface area contributed by atoms with Crippen LogP contribution in [0.15, 0.2) is 36.7 Å². The Balaban J connectivity index is 1.98. The molecule has 2 aromatic rings. The van der Waals surface area contributed by atoms with Crippen molar-refractivity contribution in [3.05, 3.63) is 47.9 Å². The maximum Gasteiger partial charge on any atom is 0.270 e. The van der Waals surface area contributed by atoms with Gasteiger partial charge in [0.25, 0.3) is 5.91 Å². The molecule has 6 heteroatoms. The topological polar surface area (TPSA) is 90.7 Å². The van der Waals surface area contributed by atoms with Crippen molar-refractivity contribution in [3.8, 4) is 6.07 Å². The number of aromatic nitrogens is 2. The van der Waals surface area contributed by atoms with Gasteiger partial charge < -0.3 is 10.6 Å². The van der Waals surface area contributed by atoms with Crippen molar-refractivity contribution < 1.29 is 4.79 Å². The van der Waals surface area contributed by atoms with Crippen LogP contribution in [-0.2, 0) is 0 Å². The summed E-state index contributed by atoms with van der Waals surface area (Å²) in [6.07, 6.45) is 4.52. The minimum atomic E-state index is -0.202. The molecule has 1 aromatic heterocycles. The quantitative estimate of drug-likeness (QED) is 0.767. The molecule has 0 atom stereocenters. The lowest BCUT2D eigenvalue weighted by molar-refractivity contribution is 0.0948. The highest BCUT2D eigenvalue weighted by atomic mass is 16.1. The number of nitrogens with one attached hydrogen (secondary N) is 2. The molecule has 0 spiro atoms. The van der Waals surface area contributed by atoms with E-state index in [0.717, 1.165) is 24.9 Å². The summed E-state index contributed by atoms with van der Waals surface area (Å²) >= 11 is 0. The highest BCUT2D eigenvalue weighted by Gasteiger charge is 2.08. The van der Waals surface area contributed by atoms with Gasteiger partial charge in [-0.25, -0.2) is 9.97 Å². The third-order valence-electron chi connectivity index (χ3n) is 3.25. The summed E-state index contributed by atoms with van der Waals surface area (Å²) in [5.41, 5.74) is 1.70. The van der Waals surface area contributed by atoms with E-state index in [1.807, 2.05) is 0 Å². The van der Waals surface area contributed by atoms with E-state index < -0.39 is 0 Å². The van der Waals surface area contributed by atoms with Gasteiger partial charge in [-0.1, -0.05) is 19.8 Å². The summed E-state index contributed by atoms with van der Waals surface area (Å²) in [7, 11) is 0. The highest BCUT2D eigenvalue weighted by molar-refractivity contribution is 5.92. The van der Waals surface area contributed by atoms with Gasteiger partial charge in [0.1, 0.15) is 17.8 Å². The summed E-state index contributed by atoms with van der Waals surface area (Å²) in [6, 6.07) is 10.7. The third-order valence-corrected chi connectivity index (χ3v) is 3.25. The average molecular weight is 309 g/mol. The zero-order chi connectivity index (χ0) is 16.5. The monoisotopic (exact) mass is 309 g/mol. The van der Waals surface area contributed by atoms with Crippen LogP contribution in [0.2, 0.25) is 0 Å². The van der Waals surface area contributed by atoms with E-state index in [2.05, 4.69) is 33.6 Å². The molecule has 2 N–H and O–H groups in total. The van der Waals surface area contributed by atoms with Crippen LogP contribution < -0.4 is 10.6 Å². The van der Waals surface area contributed by atoms with Crippen LogP contribution in [-0.4, -0.2) is 22.4 Å². The van der Waals surface area contributed by atoms with Crippen LogP contribution in [0.5, 0.6) is 0 Å². The fraction of sp³-hybridized carbons (Fsp3) is 0.294. The van der Waals surface area contributed by atoms with E-state index in [4.69, 9.17) is 5.26 Å². The molecule has 118 valence electrons. The van der Waals surface area contributed by atoms with Crippen molar-refractivity contribution in [2.24, 2.45) is 0 Å². The Morgan fingerprint density at radius 1 is 1.22 bits per heavy atom. The number of unbranched alkanes of at least 4 members (excludes halogenated alkanes) is 2. The molecule has 0 bridgehead atoms. The standard InChI is InChI=1S/C17H19N5O/c1-2-3-4-9-19-17(23)15-10-16(21-12-20-15)22-14-7-5-13(11-18)6-8-14/h5-8,10,12H,2-4,9H2,1H3,(H,19,23)(H,20,21,22). The largest absolute Gasteiger partial charge is 0.351 e. The van der Waals surface area contributed by atoms with Crippen LogP contribution in [0.3, 0.4) is 0 Å². The van der Waals surface area contributed by atoms with E-state index in [0.29, 0.717) is 23.6 Å². The molecule has 1 heterocycles. The molecule has 0 aliphatic heterocycles. The number of amides is 1. The fourth-order valence-electron chi connectivity index (χ4n) is 1.99. The van der Waals surface area contributed by atoms with Gasteiger partial charge in [0, 0.05) is 18.3 Å². The zero-order valence-corrected chi connectivity index (χ0v) is 13.0. The third kappa shape index (κ3) is 5.08. The maximum atomic E-state index is 12.0. The summed E-state index contributed by atoms with van der Waals surface area (Å²) in [5, 5.41) is 14.7. The number of nitrogens with zero attached hydrogens (tertiary/aromatic N) is 3. The van der Waals surface area contributed by atoms with Crippen molar-refractivity contribution in [2.75, 3.05) is 11.9 Å². The van der Waals surface area contributed by atoms with Crippen molar-refractivity contribution >= 4 is 17.4 Å². The van der Waals surface area contributed by atoms with Crippen molar-refractivity contribution in [1.29, 1.82) is 5.26 Å². The minimum absolute atomic E-state index is 0.202. The van der Waals surface area contributed by atoms with Gasteiger partial charge in [-0.05, 0) is 30.7 Å². The second-order valence-corrected chi connectivity index (χ2v) is 5.07. The molecule has 23 heavy (non-hydrogen) atoms. The second kappa shape index (κ2) is 8.49. The summed E-state index contributed by atoms with van der Waals surface area (Å²) in [5.74, 6) is 0.329. The molecule has 2 rings (SSSR count). The van der Waals surface area contributed by atoms with Gasteiger partial charge in [0.15, 0.2) is 0 Å². The van der Waals surface area contributed by atoms with E-state index in [9.17, 15) is 4.79 Å². The summed E-state index contributed by atoms with van der Waals surface area (Å²) < 4.78 is 0. The lowest BCUT2D eigenvalue weighted by Crippen LogP contribution is -2.25. The van der Waals surface area contributed by atoms with Crippen LogP contribution in [0, 0.1) is 11.3 Å². The van der Waals surface area contributed by atoms with Crippen molar-refractivity contribution in [3.63, 3.8) is 0 Å². The number of hydrogen-bond donors (Lipinski definition) is 2. The number of carbonyl (C=O) groups excluding carboxylic acids is 1. The number of rotatable bonds is 7. The summed E-state index contributed by atoms with van der Waals surface area (Å²) in [6.45, 7) is 2.77. The first kappa shape index (κ1) is 16.4. The molecule has 0 saturated heterocycles. The minimum Gasteiger partial charge on any atom is -0.351 e. The maximum absolute atomic E-state index is 12.0. The van der Waals surface area contributed by atoms with E-state index in [1.54, 1.807) is 30.3 Å². The van der Waals surface area contributed by atoms with Crippen LogP contribution in [0.25, 0.3) is 0 Å². The first-order valence-corrected chi connectivity index (χ1v) is 7.60. The van der Waals surface area contributed by atoms with E-state index >= 15 is 0 Å². The lowest BCUT2D eigenvalue weighted by Gasteiger charge is -2.07. The Morgan fingerprint density at radius 2 is 2.00 bits per heavy atom. The predicted octanol–water partition coefficient (Wildman–Crippen LogP) is 3.01. The van der Waals surface area contributed by atoms with Gasteiger partial charge in [0.2, 0.25) is 0 Å². The lowest BCUT2D eigenvalue weighted by atomic mass is 10.2. The average Bonchev–Trinajstić information content (AvgIpc) is 2.59.